The van der Waals surface area contributed by atoms with Crippen LogP contribution in [0, 0.1) is 0 Å². The van der Waals surface area contributed by atoms with Crippen LogP contribution in [0.5, 0.6) is 0 Å². The van der Waals surface area contributed by atoms with E-state index in [1.54, 1.807) is 4.90 Å². The Balaban J connectivity index is 2.00. The Hall–Kier alpha value is -2.05. The van der Waals surface area contributed by atoms with E-state index in [1.807, 2.05) is 0 Å². The first kappa shape index (κ1) is 11.4. The van der Waals surface area contributed by atoms with Gasteiger partial charge in [0.1, 0.15) is 12.1 Å². The highest BCUT2D eigenvalue weighted by atomic mass is 16.5. The molecular formula is C10H14N4O3. The third-order valence-electron chi connectivity index (χ3n) is 2.64. The highest BCUT2D eigenvalue weighted by Gasteiger charge is 2.33. The Morgan fingerprint density at radius 1 is 1.71 bits per heavy atom. The summed E-state index contributed by atoms with van der Waals surface area (Å²) in [6.07, 6.45) is 3.68. The molecule has 0 atom stereocenters. The molecule has 1 saturated carbocycles. The predicted molar refractivity (Wildman–Crippen MR) is 58.6 cm³/mol. The molecule has 1 amide bonds. The van der Waals surface area contributed by atoms with Gasteiger partial charge in [-0.15, -0.1) is 0 Å². The fraction of sp³-hybridized carbons (Fsp3) is 0.500. The monoisotopic (exact) mass is 238 g/mol. The van der Waals surface area contributed by atoms with Gasteiger partial charge in [0.05, 0.1) is 0 Å². The van der Waals surface area contributed by atoms with Gasteiger partial charge in [0.25, 0.3) is 5.91 Å². The van der Waals surface area contributed by atoms with Crippen molar-refractivity contribution in [3.63, 3.8) is 0 Å². The van der Waals surface area contributed by atoms with E-state index in [9.17, 15) is 4.79 Å². The van der Waals surface area contributed by atoms with Crippen molar-refractivity contribution in [2.75, 3.05) is 6.54 Å². The van der Waals surface area contributed by atoms with Crippen LogP contribution < -0.4 is 5.73 Å². The van der Waals surface area contributed by atoms with E-state index in [1.165, 1.54) is 12.3 Å². The van der Waals surface area contributed by atoms with Crippen molar-refractivity contribution in [2.24, 2.45) is 10.9 Å². The average molecular weight is 238 g/mol. The lowest BCUT2D eigenvalue weighted by atomic mass is 10.3. The summed E-state index contributed by atoms with van der Waals surface area (Å²) in [7, 11) is 0. The molecule has 0 aromatic carbocycles. The molecule has 0 saturated heterocycles. The Labute approximate surface area is 97.9 Å². The van der Waals surface area contributed by atoms with Crippen LogP contribution in [0.1, 0.15) is 29.8 Å². The second-order valence-corrected chi connectivity index (χ2v) is 3.96. The lowest BCUT2D eigenvalue weighted by molar-refractivity contribution is 0.0737. The van der Waals surface area contributed by atoms with E-state index in [4.69, 9.17) is 10.9 Å². The second kappa shape index (κ2) is 4.86. The van der Waals surface area contributed by atoms with Gasteiger partial charge >= 0.3 is 0 Å². The molecule has 0 spiro atoms. The minimum absolute atomic E-state index is 0.114. The molecule has 0 radical (unpaired) electrons. The molecule has 2 rings (SSSR count). The van der Waals surface area contributed by atoms with Crippen molar-refractivity contribution in [3.8, 4) is 0 Å². The van der Waals surface area contributed by atoms with Crippen molar-refractivity contribution < 1.29 is 14.5 Å². The number of nitrogens with two attached hydrogens (primary N) is 1. The Morgan fingerprint density at radius 2 is 2.47 bits per heavy atom. The van der Waals surface area contributed by atoms with Gasteiger partial charge in [-0.3, -0.25) is 4.79 Å². The standard InChI is InChI=1S/C10H14N4O3/c11-9(12-16)3-5-14(7-1-2-7)10(15)8-4-6-17-13-8/h4,6-7,16H,1-3,5H2,(H2,11,12). The lowest BCUT2D eigenvalue weighted by Crippen LogP contribution is -2.36. The number of hydrogen-bond donors (Lipinski definition) is 2. The highest BCUT2D eigenvalue weighted by molar-refractivity contribution is 5.92. The number of rotatable bonds is 5. The Bertz CT molecular complexity index is 411. The Kier molecular flexibility index (Phi) is 3.27. The van der Waals surface area contributed by atoms with Crippen LogP contribution in [0.4, 0.5) is 0 Å². The molecule has 17 heavy (non-hydrogen) atoms. The Morgan fingerprint density at radius 3 is 3.00 bits per heavy atom. The molecule has 3 N–H and O–H groups in total. The number of carbonyl (C=O) groups excluding carboxylic acids is 1. The molecule has 1 fully saturated rings. The number of amides is 1. The molecule has 7 heteroatoms. The number of carbonyl (C=O) groups is 1. The first-order valence-electron chi connectivity index (χ1n) is 5.40. The molecule has 7 nitrogen and oxygen atoms in total. The van der Waals surface area contributed by atoms with Gasteiger partial charge in [-0.05, 0) is 12.8 Å². The highest BCUT2D eigenvalue weighted by Crippen LogP contribution is 2.28. The third kappa shape index (κ3) is 2.74. The normalized spacial score (nSPS) is 15.9. The molecule has 0 aliphatic heterocycles. The van der Waals surface area contributed by atoms with Gasteiger partial charge in [-0.2, -0.15) is 0 Å². The van der Waals surface area contributed by atoms with E-state index >= 15 is 0 Å². The smallest absolute Gasteiger partial charge is 0.276 e. The summed E-state index contributed by atoms with van der Waals surface area (Å²) >= 11 is 0. The molecule has 1 aliphatic carbocycles. The van der Waals surface area contributed by atoms with E-state index in [-0.39, 0.29) is 23.5 Å². The largest absolute Gasteiger partial charge is 0.409 e. The van der Waals surface area contributed by atoms with Crippen LogP contribution in [0.2, 0.25) is 0 Å². The van der Waals surface area contributed by atoms with Gasteiger partial charge < -0.3 is 20.4 Å². The second-order valence-electron chi connectivity index (χ2n) is 3.96. The van der Waals surface area contributed by atoms with Gasteiger partial charge in [0.15, 0.2) is 5.69 Å². The zero-order valence-electron chi connectivity index (χ0n) is 9.24. The van der Waals surface area contributed by atoms with E-state index in [0.29, 0.717) is 13.0 Å². The maximum absolute atomic E-state index is 12.0. The van der Waals surface area contributed by atoms with Crippen molar-refractivity contribution in [1.82, 2.24) is 10.1 Å². The number of hydrogen-bond acceptors (Lipinski definition) is 5. The summed E-state index contributed by atoms with van der Waals surface area (Å²) in [5.41, 5.74) is 5.68. The number of aromatic nitrogens is 1. The van der Waals surface area contributed by atoms with Crippen molar-refractivity contribution in [3.05, 3.63) is 18.0 Å². The summed E-state index contributed by atoms with van der Waals surface area (Å²) in [6.45, 7) is 0.423. The van der Waals surface area contributed by atoms with E-state index in [2.05, 4.69) is 14.8 Å². The average Bonchev–Trinajstić information content (AvgIpc) is 3.02. The fourth-order valence-electron chi connectivity index (χ4n) is 1.59. The van der Waals surface area contributed by atoms with Crippen molar-refractivity contribution >= 4 is 11.7 Å². The van der Waals surface area contributed by atoms with Gasteiger partial charge in [-0.25, -0.2) is 0 Å². The molecule has 0 bridgehead atoms. The first-order chi connectivity index (χ1) is 8.22. The molecule has 0 unspecified atom stereocenters. The van der Waals surface area contributed by atoms with Crippen molar-refractivity contribution in [1.29, 1.82) is 0 Å². The fourth-order valence-corrected chi connectivity index (χ4v) is 1.59. The molecule has 1 aromatic heterocycles. The number of oxime groups is 1. The number of amidine groups is 1. The minimum atomic E-state index is -0.174. The maximum Gasteiger partial charge on any atom is 0.276 e. The van der Waals surface area contributed by atoms with Crippen LogP contribution in [0.15, 0.2) is 22.0 Å². The molecule has 1 aliphatic rings. The zero-order valence-corrected chi connectivity index (χ0v) is 9.24. The lowest BCUT2D eigenvalue weighted by Gasteiger charge is -2.20. The quantitative estimate of drug-likeness (QED) is 0.334. The van der Waals surface area contributed by atoms with Crippen molar-refractivity contribution in [2.45, 2.75) is 25.3 Å². The topological polar surface area (TPSA) is 105 Å². The maximum atomic E-state index is 12.0. The summed E-state index contributed by atoms with van der Waals surface area (Å²) in [5, 5.41) is 15.0. The van der Waals surface area contributed by atoms with E-state index in [0.717, 1.165) is 12.8 Å². The summed E-state index contributed by atoms with van der Waals surface area (Å²) in [5.74, 6) is -0.0596. The molecule has 92 valence electrons. The first-order valence-corrected chi connectivity index (χ1v) is 5.40. The van der Waals surface area contributed by atoms with Crippen LogP contribution in [-0.4, -0.2) is 39.6 Å². The van der Waals surface area contributed by atoms with Crippen LogP contribution in [0.25, 0.3) is 0 Å². The summed E-state index contributed by atoms with van der Waals surface area (Å²) < 4.78 is 4.65. The summed E-state index contributed by atoms with van der Waals surface area (Å²) in [4.78, 5) is 13.7. The summed E-state index contributed by atoms with van der Waals surface area (Å²) in [6, 6.07) is 1.77. The third-order valence-corrected chi connectivity index (χ3v) is 2.64. The van der Waals surface area contributed by atoms with Crippen LogP contribution >= 0.6 is 0 Å². The minimum Gasteiger partial charge on any atom is -0.409 e. The van der Waals surface area contributed by atoms with Gasteiger partial charge in [0, 0.05) is 25.1 Å². The van der Waals surface area contributed by atoms with Crippen LogP contribution in [-0.2, 0) is 0 Å². The van der Waals surface area contributed by atoms with E-state index < -0.39 is 0 Å². The predicted octanol–water partition coefficient (Wildman–Crippen LogP) is 0.416. The van der Waals surface area contributed by atoms with Gasteiger partial charge in [-0.1, -0.05) is 10.3 Å². The van der Waals surface area contributed by atoms with Crippen LogP contribution in [0.3, 0.4) is 0 Å². The molecular weight excluding hydrogens is 224 g/mol. The number of nitrogens with zero attached hydrogens (tertiary/aromatic N) is 3. The molecule has 1 aromatic rings. The van der Waals surface area contributed by atoms with Gasteiger partial charge in [0.2, 0.25) is 0 Å². The SMILES string of the molecule is NC(CCN(C(=O)c1ccon1)C1CC1)=NO. The zero-order chi connectivity index (χ0) is 12.3. The molecule has 1 heterocycles.